The van der Waals surface area contributed by atoms with Crippen molar-refractivity contribution in [2.45, 2.75) is 13.3 Å². The minimum Gasteiger partial charge on any atom is -0.384 e. The predicted octanol–water partition coefficient (Wildman–Crippen LogP) is 0.786. The van der Waals surface area contributed by atoms with E-state index in [-0.39, 0.29) is 18.4 Å². The van der Waals surface area contributed by atoms with E-state index in [1.807, 2.05) is 0 Å². The van der Waals surface area contributed by atoms with E-state index in [1.165, 1.54) is 11.3 Å². The molecule has 1 aliphatic rings. The molecule has 0 aromatic carbocycles. The van der Waals surface area contributed by atoms with Gasteiger partial charge in [0.15, 0.2) is 0 Å². The zero-order valence-electron chi connectivity index (χ0n) is 12.0. The standard InChI is InChI=1S/C15H18N2O3S/c1-12(19)16-5-3-6-17(8-7-16)15(20)13-10-14(21-11-13)4-2-9-18/h10-11,18H,3,5-9H2,1H3. The number of thiophene rings is 1. The van der Waals surface area contributed by atoms with Gasteiger partial charge in [0, 0.05) is 38.5 Å². The molecular weight excluding hydrogens is 288 g/mol. The normalized spacial score (nSPS) is 15.1. The lowest BCUT2D eigenvalue weighted by Gasteiger charge is -2.20. The number of hydrogen-bond donors (Lipinski definition) is 1. The number of carbonyl (C=O) groups is 2. The minimum absolute atomic E-state index is 0.0197. The first kappa shape index (κ1) is 15.5. The summed E-state index contributed by atoms with van der Waals surface area (Å²) in [5, 5.41) is 10.5. The summed E-state index contributed by atoms with van der Waals surface area (Å²) in [6, 6.07) is 1.75. The molecule has 6 heteroatoms. The summed E-state index contributed by atoms with van der Waals surface area (Å²) in [5.41, 5.74) is 0.624. The zero-order chi connectivity index (χ0) is 15.2. The van der Waals surface area contributed by atoms with Crippen molar-refractivity contribution in [3.05, 3.63) is 21.9 Å². The van der Waals surface area contributed by atoms with Gasteiger partial charge in [-0.3, -0.25) is 9.59 Å². The average Bonchev–Trinajstić information content (AvgIpc) is 2.79. The second kappa shape index (κ2) is 7.25. The number of hydrogen-bond acceptors (Lipinski definition) is 4. The Kier molecular flexibility index (Phi) is 5.37. The quantitative estimate of drug-likeness (QED) is 0.780. The first-order chi connectivity index (χ1) is 10.1. The summed E-state index contributed by atoms with van der Waals surface area (Å²) in [7, 11) is 0. The first-order valence-corrected chi connectivity index (χ1v) is 7.73. The maximum atomic E-state index is 12.4. The third kappa shape index (κ3) is 4.06. The largest absolute Gasteiger partial charge is 0.384 e. The number of amides is 2. The predicted molar refractivity (Wildman–Crippen MR) is 81.1 cm³/mol. The van der Waals surface area contributed by atoms with E-state index in [2.05, 4.69) is 11.8 Å². The second-order valence-electron chi connectivity index (χ2n) is 4.81. The molecule has 2 rings (SSSR count). The molecule has 1 aliphatic heterocycles. The molecule has 112 valence electrons. The van der Waals surface area contributed by atoms with Crippen molar-refractivity contribution in [2.75, 3.05) is 32.8 Å². The molecule has 2 amide bonds. The van der Waals surface area contributed by atoms with Crippen molar-refractivity contribution in [2.24, 2.45) is 0 Å². The van der Waals surface area contributed by atoms with E-state index in [1.54, 1.807) is 28.2 Å². The van der Waals surface area contributed by atoms with Crippen LogP contribution in [0.2, 0.25) is 0 Å². The van der Waals surface area contributed by atoms with Crippen molar-refractivity contribution in [3.63, 3.8) is 0 Å². The van der Waals surface area contributed by atoms with E-state index >= 15 is 0 Å². The Hall–Kier alpha value is -1.84. The van der Waals surface area contributed by atoms with E-state index < -0.39 is 0 Å². The molecule has 1 N–H and O–H groups in total. The topological polar surface area (TPSA) is 60.9 Å². The maximum Gasteiger partial charge on any atom is 0.254 e. The molecule has 1 fully saturated rings. The van der Waals surface area contributed by atoms with E-state index in [0.717, 1.165) is 11.3 Å². The van der Waals surface area contributed by atoms with Crippen LogP contribution < -0.4 is 0 Å². The molecule has 0 spiro atoms. The highest BCUT2D eigenvalue weighted by Gasteiger charge is 2.21. The van der Waals surface area contributed by atoms with Gasteiger partial charge < -0.3 is 14.9 Å². The van der Waals surface area contributed by atoms with Crippen LogP contribution in [0.1, 0.15) is 28.6 Å². The van der Waals surface area contributed by atoms with Crippen LogP contribution in [0.5, 0.6) is 0 Å². The van der Waals surface area contributed by atoms with Crippen LogP contribution >= 0.6 is 11.3 Å². The van der Waals surface area contributed by atoms with Gasteiger partial charge in [0.25, 0.3) is 5.91 Å². The molecular formula is C15H18N2O3S. The Bertz CT molecular complexity index is 585. The Balaban J connectivity index is 2.02. The van der Waals surface area contributed by atoms with Gasteiger partial charge in [-0.15, -0.1) is 11.3 Å². The molecule has 0 unspecified atom stereocenters. The highest BCUT2D eigenvalue weighted by molar-refractivity contribution is 7.10. The fourth-order valence-electron chi connectivity index (χ4n) is 2.26. The lowest BCUT2D eigenvalue weighted by atomic mass is 10.2. The fraction of sp³-hybridized carbons (Fsp3) is 0.467. The molecule has 0 atom stereocenters. The minimum atomic E-state index is -0.186. The molecule has 0 saturated carbocycles. The molecule has 21 heavy (non-hydrogen) atoms. The van der Waals surface area contributed by atoms with Gasteiger partial charge in [-0.2, -0.15) is 0 Å². The molecule has 0 bridgehead atoms. The number of rotatable bonds is 1. The average molecular weight is 306 g/mol. The third-order valence-corrected chi connectivity index (χ3v) is 4.21. The van der Waals surface area contributed by atoms with Crippen LogP contribution in [-0.2, 0) is 4.79 Å². The van der Waals surface area contributed by atoms with Gasteiger partial charge in [0.2, 0.25) is 5.91 Å². The lowest BCUT2D eigenvalue weighted by Crippen LogP contribution is -2.36. The van der Waals surface area contributed by atoms with Crippen molar-refractivity contribution in [1.82, 2.24) is 9.80 Å². The highest BCUT2D eigenvalue weighted by atomic mass is 32.1. The van der Waals surface area contributed by atoms with Gasteiger partial charge in [0.05, 0.1) is 10.4 Å². The lowest BCUT2D eigenvalue weighted by molar-refractivity contribution is -0.128. The van der Waals surface area contributed by atoms with Crippen LogP contribution in [0, 0.1) is 11.8 Å². The number of nitrogens with zero attached hydrogens (tertiary/aromatic N) is 2. The molecule has 1 saturated heterocycles. The number of carbonyl (C=O) groups excluding carboxylic acids is 2. The van der Waals surface area contributed by atoms with Gasteiger partial charge in [0.1, 0.15) is 6.61 Å². The second-order valence-corrected chi connectivity index (χ2v) is 5.72. The molecule has 0 radical (unpaired) electrons. The van der Waals surface area contributed by atoms with Gasteiger partial charge >= 0.3 is 0 Å². The summed E-state index contributed by atoms with van der Waals surface area (Å²) in [6.45, 7) is 3.89. The Labute approximate surface area is 128 Å². The van der Waals surface area contributed by atoms with Crippen LogP contribution in [-0.4, -0.2) is 59.5 Å². The van der Waals surface area contributed by atoms with Crippen LogP contribution in [0.4, 0.5) is 0 Å². The highest BCUT2D eigenvalue weighted by Crippen LogP contribution is 2.16. The van der Waals surface area contributed by atoms with Crippen LogP contribution in [0.25, 0.3) is 0 Å². The first-order valence-electron chi connectivity index (χ1n) is 6.85. The summed E-state index contributed by atoms with van der Waals surface area (Å²) >= 11 is 1.40. The molecule has 2 heterocycles. The maximum absolute atomic E-state index is 12.4. The van der Waals surface area contributed by atoms with E-state index in [9.17, 15) is 9.59 Å². The van der Waals surface area contributed by atoms with Crippen molar-refractivity contribution >= 4 is 23.2 Å². The summed E-state index contributed by atoms with van der Waals surface area (Å²) in [4.78, 5) is 28.2. The van der Waals surface area contributed by atoms with Gasteiger partial charge in [-0.25, -0.2) is 0 Å². The van der Waals surface area contributed by atoms with Gasteiger partial charge in [-0.05, 0) is 12.5 Å². The third-order valence-electron chi connectivity index (χ3n) is 3.37. The Morgan fingerprint density at radius 1 is 1.29 bits per heavy atom. The summed E-state index contributed by atoms with van der Waals surface area (Å²) in [6.07, 6.45) is 0.798. The summed E-state index contributed by atoms with van der Waals surface area (Å²) < 4.78 is 0. The van der Waals surface area contributed by atoms with Crippen LogP contribution in [0.3, 0.4) is 0 Å². The van der Waals surface area contributed by atoms with E-state index in [4.69, 9.17) is 5.11 Å². The number of aliphatic hydroxyl groups is 1. The molecule has 5 nitrogen and oxygen atoms in total. The van der Waals surface area contributed by atoms with Crippen LogP contribution in [0.15, 0.2) is 11.4 Å². The monoisotopic (exact) mass is 306 g/mol. The Morgan fingerprint density at radius 3 is 2.71 bits per heavy atom. The SMILES string of the molecule is CC(=O)N1CCCN(C(=O)c2csc(C#CCO)c2)CC1. The Morgan fingerprint density at radius 2 is 2.00 bits per heavy atom. The summed E-state index contributed by atoms with van der Waals surface area (Å²) in [5.74, 6) is 5.41. The zero-order valence-corrected chi connectivity index (χ0v) is 12.8. The van der Waals surface area contributed by atoms with Crippen molar-refractivity contribution in [3.8, 4) is 11.8 Å². The van der Waals surface area contributed by atoms with Crippen molar-refractivity contribution < 1.29 is 14.7 Å². The molecule has 1 aromatic rings. The molecule has 1 aromatic heterocycles. The molecule has 0 aliphatic carbocycles. The fourth-order valence-corrected chi connectivity index (χ4v) is 3.01. The van der Waals surface area contributed by atoms with E-state index in [0.29, 0.717) is 31.7 Å². The smallest absolute Gasteiger partial charge is 0.254 e. The van der Waals surface area contributed by atoms with Crippen molar-refractivity contribution in [1.29, 1.82) is 0 Å². The number of aliphatic hydroxyl groups excluding tert-OH is 1. The van der Waals surface area contributed by atoms with Gasteiger partial charge in [-0.1, -0.05) is 11.8 Å².